The van der Waals surface area contributed by atoms with Crippen LogP contribution in [0.3, 0.4) is 0 Å². The second-order valence-corrected chi connectivity index (χ2v) is 6.46. The normalized spacial score (nSPS) is 13.8. The van der Waals surface area contributed by atoms with Crippen LogP contribution in [-0.4, -0.2) is 38.7 Å². The number of halogens is 1. The van der Waals surface area contributed by atoms with Gasteiger partial charge < -0.3 is 10.2 Å². The molecule has 138 valence electrons. The van der Waals surface area contributed by atoms with Gasteiger partial charge in [0.25, 0.3) is 5.91 Å². The zero-order valence-electron chi connectivity index (χ0n) is 14.9. The highest BCUT2D eigenvalue weighted by atomic mass is 19.1. The SMILES string of the molecule is Cn1nc(-c2ccc(F)cc2)cc1C(=O)Nc1cc(N2CCCC2)ncn1. The fraction of sp³-hybridized carbons (Fsp3) is 0.263. The first-order chi connectivity index (χ1) is 13.1. The molecule has 0 spiro atoms. The zero-order chi connectivity index (χ0) is 18.8. The van der Waals surface area contributed by atoms with Gasteiger partial charge in [-0.25, -0.2) is 14.4 Å². The second kappa shape index (κ2) is 7.14. The molecule has 1 saturated heterocycles. The fourth-order valence-electron chi connectivity index (χ4n) is 3.16. The first-order valence-electron chi connectivity index (χ1n) is 8.78. The number of aromatic nitrogens is 4. The van der Waals surface area contributed by atoms with E-state index in [1.807, 2.05) is 0 Å². The van der Waals surface area contributed by atoms with Crippen molar-refractivity contribution < 1.29 is 9.18 Å². The molecule has 3 heterocycles. The Morgan fingerprint density at radius 3 is 2.59 bits per heavy atom. The third kappa shape index (κ3) is 3.64. The van der Waals surface area contributed by atoms with Gasteiger partial charge in [-0.05, 0) is 43.2 Å². The minimum Gasteiger partial charge on any atom is -0.356 e. The number of nitrogens with one attached hydrogen (secondary N) is 1. The first-order valence-corrected chi connectivity index (χ1v) is 8.78. The van der Waals surface area contributed by atoms with Crippen LogP contribution in [0, 0.1) is 5.82 Å². The number of nitrogens with zero attached hydrogens (tertiary/aromatic N) is 5. The summed E-state index contributed by atoms with van der Waals surface area (Å²) in [4.78, 5) is 23.3. The molecule has 27 heavy (non-hydrogen) atoms. The number of hydrogen-bond donors (Lipinski definition) is 1. The van der Waals surface area contributed by atoms with E-state index >= 15 is 0 Å². The van der Waals surface area contributed by atoms with Gasteiger partial charge in [0.15, 0.2) is 0 Å². The lowest BCUT2D eigenvalue weighted by Crippen LogP contribution is -2.20. The molecule has 2 aromatic heterocycles. The predicted molar refractivity (Wildman–Crippen MR) is 100 cm³/mol. The summed E-state index contributed by atoms with van der Waals surface area (Å²) in [7, 11) is 1.69. The number of amides is 1. The Bertz CT molecular complexity index is 963. The van der Waals surface area contributed by atoms with Crippen molar-refractivity contribution in [1.82, 2.24) is 19.7 Å². The molecule has 1 aliphatic rings. The van der Waals surface area contributed by atoms with Gasteiger partial charge in [0.1, 0.15) is 29.5 Å². The molecule has 1 aliphatic heterocycles. The van der Waals surface area contributed by atoms with Crippen LogP contribution in [0.1, 0.15) is 23.3 Å². The van der Waals surface area contributed by atoms with E-state index in [4.69, 9.17) is 0 Å². The first kappa shape index (κ1) is 17.1. The number of aryl methyl sites for hydroxylation is 1. The van der Waals surface area contributed by atoms with Gasteiger partial charge in [0, 0.05) is 31.8 Å². The Balaban J connectivity index is 1.53. The van der Waals surface area contributed by atoms with Gasteiger partial charge in [-0.1, -0.05) is 0 Å². The van der Waals surface area contributed by atoms with Crippen LogP contribution in [-0.2, 0) is 7.05 Å². The van der Waals surface area contributed by atoms with Crippen molar-refractivity contribution >= 4 is 17.5 Å². The number of hydrogen-bond acceptors (Lipinski definition) is 5. The van der Waals surface area contributed by atoms with E-state index in [-0.39, 0.29) is 11.7 Å². The average molecular weight is 366 g/mol. The van der Waals surface area contributed by atoms with E-state index in [0.717, 1.165) is 37.3 Å². The Labute approximate surface area is 155 Å². The molecule has 0 unspecified atom stereocenters. The van der Waals surface area contributed by atoms with Crippen LogP contribution in [0.25, 0.3) is 11.3 Å². The largest absolute Gasteiger partial charge is 0.356 e. The summed E-state index contributed by atoms with van der Waals surface area (Å²) in [5, 5.41) is 7.15. The summed E-state index contributed by atoms with van der Waals surface area (Å²) in [6.07, 6.45) is 3.75. The number of rotatable bonds is 4. The topological polar surface area (TPSA) is 75.9 Å². The zero-order valence-corrected chi connectivity index (χ0v) is 14.9. The van der Waals surface area contributed by atoms with Crippen molar-refractivity contribution in [2.45, 2.75) is 12.8 Å². The monoisotopic (exact) mass is 366 g/mol. The molecule has 4 rings (SSSR count). The molecule has 0 radical (unpaired) electrons. The van der Waals surface area contributed by atoms with E-state index in [1.165, 1.54) is 23.1 Å². The van der Waals surface area contributed by atoms with Gasteiger partial charge in [-0.3, -0.25) is 9.48 Å². The lowest BCUT2D eigenvalue weighted by Gasteiger charge is -2.16. The highest BCUT2D eigenvalue weighted by Gasteiger charge is 2.17. The Hall–Kier alpha value is -3.29. The molecular weight excluding hydrogens is 347 g/mol. The van der Waals surface area contributed by atoms with E-state index in [0.29, 0.717) is 17.2 Å². The van der Waals surface area contributed by atoms with Crippen molar-refractivity contribution in [3.8, 4) is 11.3 Å². The van der Waals surface area contributed by atoms with Gasteiger partial charge >= 0.3 is 0 Å². The third-order valence-corrected chi connectivity index (χ3v) is 4.58. The highest BCUT2D eigenvalue weighted by Crippen LogP contribution is 2.21. The molecule has 0 saturated carbocycles. The number of anilines is 2. The number of carbonyl (C=O) groups is 1. The van der Waals surface area contributed by atoms with Gasteiger partial charge in [-0.15, -0.1) is 0 Å². The molecule has 0 bridgehead atoms. The van der Waals surface area contributed by atoms with E-state index in [2.05, 4.69) is 25.3 Å². The molecule has 1 aromatic carbocycles. The summed E-state index contributed by atoms with van der Waals surface area (Å²) < 4.78 is 14.6. The van der Waals surface area contributed by atoms with Crippen LogP contribution in [0.5, 0.6) is 0 Å². The van der Waals surface area contributed by atoms with E-state index in [9.17, 15) is 9.18 Å². The molecule has 1 N–H and O–H groups in total. The van der Waals surface area contributed by atoms with Crippen LogP contribution in [0.15, 0.2) is 42.7 Å². The molecule has 1 amide bonds. The Kier molecular flexibility index (Phi) is 4.53. The van der Waals surface area contributed by atoms with Crippen LogP contribution < -0.4 is 10.2 Å². The Morgan fingerprint density at radius 1 is 1.11 bits per heavy atom. The maximum atomic E-state index is 13.1. The van der Waals surface area contributed by atoms with Crippen molar-refractivity contribution in [3.63, 3.8) is 0 Å². The fourth-order valence-corrected chi connectivity index (χ4v) is 3.16. The maximum absolute atomic E-state index is 13.1. The van der Waals surface area contributed by atoms with Crippen LogP contribution >= 0.6 is 0 Å². The summed E-state index contributed by atoms with van der Waals surface area (Å²) >= 11 is 0. The smallest absolute Gasteiger partial charge is 0.275 e. The van der Waals surface area contributed by atoms with Crippen LogP contribution in [0.2, 0.25) is 0 Å². The molecule has 1 fully saturated rings. The average Bonchev–Trinajstić information content (AvgIpc) is 3.32. The molecular formula is C19H19FN6O. The third-order valence-electron chi connectivity index (χ3n) is 4.58. The molecule has 0 atom stereocenters. The van der Waals surface area contributed by atoms with Gasteiger partial charge in [0.2, 0.25) is 0 Å². The Morgan fingerprint density at radius 2 is 1.85 bits per heavy atom. The minimum absolute atomic E-state index is 0.315. The van der Waals surface area contributed by atoms with Crippen molar-refractivity contribution in [2.24, 2.45) is 7.05 Å². The number of carbonyl (C=O) groups excluding carboxylic acids is 1. The molecule has 7 nitrogen and oxygen atoms in total. The summed E-state index contributed by atoms with van der Waals surface area (Å²) in [6.45, 7) is 1.93. The van der Waals surface area contributed by atoms with Crippen molar-refractivity contribution in [2.75, 3.05) is 23.3 Å². The molecule has 3 aromatic rings. The predicted octanol–water partition coefficient (Wildman–Crippen LogP) is 2.87. The van der Waals surface area contributed by atoms with Crippen molar-refractivity contribution in [1.29, 1.82) is 0 Å². The van der Waals surface area contributed by atoms with Gasteiger partial charge in [0.05, 0.1) is 5.69 Å². The molecule has 0 aliphatic carbocycles. The molecule has 8 heteroatoms. The van der Waals surface area contributed by atoms with Crippen molar-refractivity contribution in [3.05, 3.63) is 54.2 Å². The highest BCUT2D eigenvalue weighted by molar-refractivity contribution is 6.03. The summed E-state index contributed by atoms with van der Waals surface area (Å²) in [5.41, 5.74) is 1.73. The van der Waals surface area contributed by atoms with Gasteiger partial charge in [-0.2, -0.15) is 5.10 Å². The minimum atomic E-state index is -0.315. The lowest BCUT2D eigenvalue weighted by molar-refractivity contribution is 0.101. The lowest BCUT2D eigenvalue weighted by atomic mass is 10.1. The van der Waals surface area contributed by atoms with E-state index < -0.39 is 0 Å². The quantitative estimate of drug-likeness (QED) is 0.768. The summed E-state index contributed by atoms with van der Waals surface area (Å²) in [6, 6.07) is 9.44. The summed E-state index contributed by atoms with van der Waals surface area (Å²) in [5.74, 6) is 0.630. The van der Waals surface area contributed by atoms with Crippen LogP contribution in [0.4, 0.5) is 16.0 Å². The standard InChI is InChI=1S/C19H19FN6O/c1-25-16(10-15(24-25)13-4-6-14(20)7-5-13)19(27)23-17-11-18(22-12-21-17)26-8-2-3-9-26/h4-7,10-12H,2-3,8-9H2,1H3,(H,21,22,23,27). The second-order valence-electron chi connectivity index (χ2n) is 6.46. The van der Waals surface area contributed by atoms with E-state index in [1.54, 1.807) is 31.3 Å². The number of benzene rings is 1. The maximum Gasteiger partial charge on any atom is 0.275 e.